The van der Waals surface area contributed by atoms with E-state index in [4.69, 9.17) is 0 Å². The molecule has 0 unspecified atom stereocenters. The van der Waals surface area contributed by atoms with E-state index in [1.807, 2.05) is 6.92 Å². The number of thioether (sulfide) groups is 1. The van der Waals surface area contributed by atoms with E-state index in [1.54, 1.807) is 0 Å². The summed E-state index contributed by atoms with van der Waals surface area (Å²) in [6.45, 7) is 2.57. The molecule has 0 saturated carbocycles. The van der Waals surface area contributed by atoms with Crippen molar-refractivity contribution in [1.29, 1.82) is 0 Å². The number of amides is 2. The van der Waals surface area contributed by atoms with Gasteiger partial charge in [0.25, 0.3) is 0 Å². The van der Waals surface area contributed by atoms with Crippen molar-refractivity contribution in [2.45, 2.75) is 25.0 Å². The normalized spacial score (nSPS) is 19.3. The number of carbonyl (C=O) groups is 2. The number of carbonyl (C=O) groups excluding carboxylic acids is 2. The summed E-state index contributed by atoms with van der Waals surface area (Å²) >= 11 is 1.18. The van der Waals surface area contributed by atoms with Crippen LogP contribution >= 0.6 is 11.8 Å². The minimum Gasteiger partial charge on any atom is -0.324 e. The molecule has 118 valence electrons. The van der Waals surface area contributed by atoms with Crippen molar-refractivity contribution in [3.05, 3.63) is 29.8 Å². The summed E-state index contributed by atoms with van der Waals surface area (Å²) in [5.74, 6) is -2.40. The van der Waals surface area contributed by atoms with E-state index in [0.717, 1.165) is 18.6 Å². The van der Waals surface area contributed by atoms with E-state index < -0.39 is 22.8 Å². The predicted octanol–water partition coefficient (Wildman–Crippen LogP) is 2.29. The van der Waals surface area contributed by atoms with Gasteiger partial charge < -0.3 is 10.6 Å². The Morgan fingerprint density at radius 1 is 1.45 bits per heavy atom. The molecule has 1 heterocycles. The van der Waals surface area contributed by atoms with Gasteiger partial charge in [-0.1, -0.05) is 18.7 Å². The Kier molecular flexibility index (Phi) is 5.48. The highest BCUT2D eigenvalue weighted by Crippen LogP contribution is 2.23. The van der Waals surface area contributed by atoms with Crippen LogP contribution in [0, 0.1) is 11.6 Å². The van der Waals surface area contributed by atoms with Gasteiger partial charge in [0, 0.05) is 19.0 Å². The van der Waals surface area contributed by atoms with Crippen molar-refractivity contribution in [3.8, 4) is 0 Å². The first kappa shape index (κ1) is 16.4. The summed E-state index contributed by atoms with van der Waals surface area (Å²) in [7, 11) is 0. The predicted molar refractivity (Wildman–Crippen MR) is 81.7 cm³/mol. The first-order valence-electron chi connectivity index (χ1n) is 6.76. The first-order chi connectivity index (χ1) is 10.5. The maximum absolute atomic E-state index is 13.4. The molecule has 0 spiro atoms. The zero-order chi connectivity index (χ0) is 16.1. The Morgan fingerprint density at radius 2 is 2.23 bits per heavy atom. The summed E-state index contributed by atoms with van der Waals surface area (Å²) in [6, 6.07) is 2.87. The number of anilines is 1. The Bertz CT molecular complexity index is 622. The number of aliphatic imine (C=N–C) groups is 1. The average molecular weight is 327 g/mol. The molecule has 5 nitrogen and oxygen atoms in total. The molecule has 2 amide bonds. The Balaban J connectivity index is 1.93. The molecule has 1 atom stereocenters. The van der Waals surface area contributed by atoms with E-state index in [9.17, 15) is 18.4 Å². The molecule has 2 N–H and O–H groups in total. The summed E-state index contributed by atoms with van der Waals surface area (Å²) in [5, 5.41) is 4.83. The van der Waals surface area contributed by atoms with Crippen LogP contribution < -0.4 is 10.6 Å². The van der Waals surface area contributed by atoms with Crippen LogP contribution in [-0.2, 0) is 9.59 Å². The number of hydrogen-bond acceptors (Lipinski definition) is 4. The second kappa shape index (κ2) is 7.35. The minimum atomic E-state index is -0.859. The second-order valence-corrected chi connectivity index (χ2v) is 5.85. The van der Waals surface area contributed by atoms with Gasteiger partial charge >= 0.3 is 0 Å². The Morgan fingerprint density at radius 3 is 2.91 bits per heavy atom. The van der Waals surface area contributed by atoms with Crippen molar-refractivity contribution < 1.29 is 18.4 Å². The van der Waals surface area contributed by atoms with Gasteiger partial charge in [-0.25, -0.2) is 8.78 Å². The number of nitrogens with one attached hydrogen (secondary N) is 2. The van der Waals surface area contributed by atoms with Gasteiger partial charge in [-0.15, -0.1) is 0 Å². The zero-order valence-corrected chi connectivity index (χ0v) is 12.7. The van der Waals surface area contributed by atoms with Gasteiger partial charge in [0.2, 0.25) is 11.8 Å². The zero-order valence-electron chi connectivity index (χ0n) is 11.9. The lowest BCUT2D eigenvalue weighted by atomic mass is 10.2. The average Bonchev–Trinajstić information content (AvgIpc) is 2.80. The largest absolute Gasteiger partial charge is 0.324 e. The number of amidine groups is 1. The highest BCUT2D eigenvalue weighted by Gasteiger charge is 2.32. The number of hydrogen-bond donors (Lipinski definition) is 2. The van der Waals surface area contributed by atoms with E-state index in [1.165, 1.54) is 11.8 Å². The van der Waals surface area contributed by atoms with Crippen LogP contribution in [-0.4, -0.2) is 28.8 Å². The van der Waals surface area contributed by atoms with Gasteiger partial charge in [0.1, 0.15) is 16.9 Å². The molecule has 22 heavy (non-hydrogen) atoms. The smallest absolute Gasteiger partial charge is 0.240 e. The van der Waals surface area contributed by atoms with Crippen molar-refractivity contribution in [1.82, 2.24) is 5.32 Å². The lowest BCUT2D eigenvalue weighted by molar-refractivity contribution is -0.122. The summed E-state index contributed by atoms with van der Waals surface area (Å²) in [4.78, 5) is 27.8. The molecule has 0 radical (unpaired) electrons. The molecule has 1 aliphatic rings. The second-order valence-electron chi connectivity index (χ2n) is 4.66. The molecule has 1 fully saturated rings. The highest BCUT2D eigenvalue weighted by atomic mass is 32.2. The van der Waals surface area contributed by atoms with Crippen LogP contribution in [0.1, 0.15) is 19.8 Å². The van der Waals surface area contributed by atoms with Gasteiger partial charge in [-0.05, 0) is 18.6 Å². The fraction of sp³-hybridized carbons (Fsp3) is 0.357. The van der Waals surface area contributed by atoms with Crippen LogP contribution in [0.3, 0.4) is 0 Å². The molecule has 0 bridgehead atoms. The number of halogens is 2. The van der Waals surface area contributed by atoms with Gasteiger partial charge in [0.15, 0.2) is 5.17 Å². The summed E-state index contributed by atoms with van der Waals surface area (Å²) < 4.78 is 26.2. The van der Waals surface area contributed by atoms with Gasteiger partial charge in [-0.2, -0.15) is 0 Å². The molecular formula is C14H15F2N3O2S. The number of nitrogens with zero attached hydrogens (tertiary/aromatic N) is 1. The van der Waals surface area contributed by atoms with E-state index in [2.05, 4.69) is 15.6 Å². The fourth-order valence-electron chi connectivity index (χ4n) is 1.79. The maximum atomic E-state index is 13.4. The highest BCUT2D eigenvalue weighted by molar-refractivity contribution is 8.15. The topological polar surface area (TPSA) is 70.6 Å². The van der Waals surface area contributed by atoms with Crippen LogP contribution in [0.5, 0.6) is 0 Å². The molecule has 2 rings (SSSR count). The Labute approximate surface area is 130 Å². The summed E-state index contributed by atoms with van der Waals surface area (Å²) in [5.41, 5.74) is -0.116. The van der Waals surface area contributed by atoms with E-state index in [-0.39, 0.29) is 18.0 Å². The lowest BCUT2D eigenvalue weighted by Crippen LogP contribution is -2.28. The molecule has 1 aromatic rings. The van der Waals surface area contributed by atoms with Crippen LogP contribution in [0.25, 0.3) is 0 Å². The van der Waals surface area contributed by atoms with Crippen molar-refractivity contribution in [2.75, 3.05) is 11.9 Å². The van der Waals surface area contributed by atoms with Crippen molar-refractivity contribution in [3.63, 3.8) is 0 Å². The van der Waals surface area contributed by atoms with Gasteiger partial charge in [-0.3, -0.25) is 14.6 Å². The van der Waals surface area contributed by atoms with Crippen LogP contribution in [0.2, 0.25) is 0 Å². The molecular weight excluding hydrogens is 312 g/mol. The third-order valence-electron chi connectivity index (χ3n) is 2.83. The van der Waals surface area contributed by atoms with Crippen LogP contribution in [0.15, 0.2) is 23.2 Å². The number of benzene rings is 1. The Hall–Kier alpha value is -1.96. The molecule has 0 aromatic heterocycles. The van der Waals surface area contributed by atoms with Crippen molar-refractivity contribution in [2.24, 2.45) is 4.99 Å². The third kappa shape index (κ3) is 4.27. The monoisotopic (exact) mass is 327 g/mol. The minimum absolute atomic E-state index is 0.113. The molecule has 8 heteroatoms. The van der Waals surface area contributed by atoms with Gasteiger partial charge in [0.05, 0.1) is 5.69 Å². The fourth-order valence-corrected chi connectivity index (χ4v) is 2.78. The molecule has 1 saturated heterocycles. The lowest BCUT2D eigenvalue weighted by Gasteiger charge is -2.08. The van der Waals surface area contributed by atoms with Crippen molar-refractivity contribution >= 4 is 34.4 Å². The van der Waals surface area contributed by atoms with E-state index in [0.29, 0.717) is 17.8 Å². The third-order valence-corrected chi connectivity index (χ3v) is 3.95. The SMILES string of the molecule is CCCN=C1NC(=O)[C@@H](CC(=O)Nc2ccc(F)cc2F)S1. The van der Waals surface area contributed by atoms with E-state index >= 15 is 0 Å². The standard InChI is InChI=1S/C14H15F2N3O2S/c1-2-5-17-14-19-13(21)11(22-14)7-12(20)18-10-4-3-8(15)6-9(10)16/h3-4,6,11H,2,5,7H2,1H3,(H,18,20)(H,17,19,21)/t11-/m1/s1. The van der Waals surface area contributed by atoms with Crippen LogP contribution in [0.4, 0.5) is 14.5 Å². The maximum Gasteiger partial charge on any atom is 0.240 e. The number of rotatable bonds is 5. The molecule has 1 aliphatic heterocycles. The quantitative estimate of drug-likeness (QED) is 0.872. The summed E-state index contributed by atoms with van der Waals surface area (Å²) in [6.07, 6.45) is 0.743. The molecule has 0 aliphatic carbocycles. The molecule has 1 aromatic carbocycles. The first-order valence-corrected chi connectivity index (χ1v) is 7.64.